The molecule has 122 valence electrons. The van der Waals surface area contributed by atoms with E-state index in [-0.39, 0.29) is 0 Å². The van der Waals surface area contributed by atoms with Gasteiger partial charge in [0.25, 0.3) is 0 Å². The van der Waals surface area contributed by atoms with Gasteiger partial charge in [-0.1, -0.05) is 24.8 Å². The highest BCUT2D eigenvalue weighted by molar-refractivity contribution is 5.92. The summed E-state index contributed by atoms with van der Waals surface area (Å²) in [4.78, 5) is 8.31. The topological polar surface area (TPSA) is 66.5 Å². The molecule has 0 aliphatic carbocycles. The van der Waals surface area contributed by atoms with Crippen LogP contribution in [0.4, 0.5) is 0 Å². The molecule has 0 saturated carbocycles. The molecule has 4 aromatic rings. The predicted molar refractivity (Wildman–Crippen MR) is 99.4 cm³/mol. The number of aromatic amines is 1. The van der Waals surface area contributed by atoms with E-state index in [4.69, 9.17) is 0 Å². The maximum Gasteiger partial charge on any atom is 0.115 e. The van der Waals surface area contributed by atoms with Gasteiger partial charge in [0.1, 0.15) is 5.69 Å². The zero-order valence-corrected chi connectivity index (χ0v) is 13.6. The highest BCUT2D eigenvalue weighted by Crippen LogP contribution is 2.26. The molecule has 0 bridgehead atoms. The number of nitrogens with zero attached hydrogens (tertiary/aromatic N) is 3. The van der Waals surface area contributed by atoms with Crippen molar-refractivity contribution in [1.82, 2.24) is 25.5 Å². The first-order valence-electron chi connectivity index (χ1n) is 8.02. The van der Waals surface area contributed by atoms with Gasteiger partial charge in [-0.3, -0.25) is 15.1 Å². The Hall–Kier alpha value is -3.47. The fourth-order valence-corrected chi connectivity index (χ4v) is 2.75. The number of hydrogen-bond donors (Lipinski definition) is 2. The molecule has 25 heavy (non-hydrogen) atoms. The van der Waals surface area contributed by atoms with Crippen molar-refractivity contribution in [3.63, 3.8) is 0 Å². The maximum absolute atomic E-state index is 4.42. The Labute approximate surface area is 145 Å². The van der Waals surface area contributed by atoms with E-state index < -0.39 is 0 Å². The number of nitrogens with one attached hydrogen (secondary N) is 2. The summed E-state index contributed by atoms with van der Waals surface area (Å²) >= 11 is 0. The summed E-state index contributed by atoms with van der Waals surface area (Å²) in [5.41, 5.74) is 5.85. The van der Waals surface area contributed by atoms with Crippen LogP contribution in [-0.2, 0) is 6.54 Å². The molecule has 0 unspecified atom stereocenters. The number of H-pyrrole nitrogens is 1. The van der Waals surface area contributed by atoms with E-state index in [2.05, 4.69) is 44.2 Å². The van der Waals surface area contributed by atoms with Gasteiger partial charge >= 0.3 is 0 Å². The molecule has 0 atom stereocenters. The zero-order valence-electron chi connectivity index (χ0n) is 13.6. The third-order valence-corrected chi connectivity index (χ3v) is 4.07. The molecule has 0 spiro atoms. The zero-order chi connectivity index (χ0) is 17.1. The van der Waals surface area contributed by atoms with Gasteiger partial charge in [0.05, 0.1) is 11.2 Å². The largest absolute Gasteiger partial charge is 0.380 e. The van der Waals surface area contributed by atoms with Crippen molar-refractivity contribution in [1.29, 1.82) is 0 Å². The van der Waals surface area contributed by atoms with Gasteiger partial charge in [-0.15, -0.1) is 0 Å². The van der Waals surface area contributed by atoms with Gasteiger partial charge in [-0.05, 0) is 35.4 Å². The molecule has 3 heterocycles. The second-order valence-electron chi connectivity index (χ2n) is 5.77. The SMILES string of the molecule is C=C(NCc1cccnc1)c1n[nH]c2ccc(-c3cccnc3)cc12. The van der Waals surface area contributed by atoms with Crippen molar-refractivity contribution in [3.05, 3.63) is 85.1 Å². The lowest BCUT2D eigenvalue weighted by atomic mass is 10.0. The van der Waals surface area contributed by atoms with E-state index in [1.807, 2.05) is 42.7 Å². The molecule has 0 amide bonds. The van der Waals surface area contributed by atoms with E-state index in [1.54, 1.807) is 12.4 Å². The molecule has 1 aromatic carbocycles. The average Bonchev–Trinajstić information content (AvgIpc) is 3.11. The summed E-state index contributed by atoms with van der Waals surface area (Å²) in [6.45, 7) is 4.79. The van der Waals surface area contributed by atoms with Crippen molar-refractivity contribution in [2.75, 3.05) is 0 Å². The maximum atomic E-state index is 4.42. The van der Waals surface area contributed by atoms with Crippen LogP contribution < -0.4 is 5.32 Å². The minimum Gasteiger partial charge on any atom is -0.380 e. The van der Waals surface area contributed by atoms with E-state index in [0.29, 0.717) is 6.54 Å². The second kappa shape index (κ2) is 6.57. The van der Waals surface area contributed by atoms with Crippen LogP contribution in [0.1, 0.15) is 11.3 Å². The van der Waals surface area contributed by atoms with E-state index in [9.17, 15) is 0 Å². The first-order valence-corrected chi connectivity index (χ1v) is 8.02. The molecule has 5 heteroatoms. The Morgan fingerprint density at radius 2 is 1.84 bits per heavy atom. The number of pyridine rings is 2. The van der Waals surface area contributed by atoms with E-state index in [1.165, 1.54) is 0 Å². The van der Waals surface area contributed by atoms with E-state index in [0.717, 1.165) is 39.0 Å². The van der Waals surface area contributed by atoms with Crippen LogP contribution in [0.2, 0.25) is 0 Å². The fourth-order valence-electron chi connectivity index (χ4n) is 2.75. The normalized spacial score (nSPS) is 10.7. The Morgan fingerprint density at radius 3 is 2.60 bits per heavy atom. The molecule has 0 aliphatic heterocycles. The van der Waals surface area contributed by atoms with Crippen molar-refractivity contribution < 1.29 is 0 Å². The number of hydrogen-bond acceptors (Lipinski definition) is 4. The van der Waals surface area contributed by atoms with Crippen molar-refractivity contribution in [2.24, 2.45) is 0 Å². The highest BCUT2D eigenvalue weighted by atomic mass is 15.1. The first kappa shape index (κ1) is 15.1. The van der Waals surface area contributed by atoms with Crippen LogP contribution >= 0.6 is 0 Å². The van der Waals surface area contributed by atoms with Gasteiger partial charge < -0.3 is 5.32 Å². The predicted octanol–water partition coefficient (Wildman–Crippen LogP) is 3.78. The average molecular weight is 327 g/mol. The number of rotatable bonds is 5. The minimum atomic E-state index is 0.656. The van der Waals surface area contributed by atoms with Gasteiger partial charge in [-0.2, -0.15) is 5.10 Å². The van der Waals surface area contributed by atoms with E-state index >= 15 is 0 Å². The third kappa shape index (κ3) is 3.12. The number of aromatic nitrogens is 4. The Balaban J connectivity index is 1.62. The number of fused-ring (bicyclic) bond motifs is 1. The summed E-state index contributed by atoms with van der Waals surface area (Å²) in [5.74, 6) is 0. The molecule has 0 radical (unpaired) electrons. The number of benzene rings is 1. The molecular weight excluding hydrogens is 310 g/mol. The van der Waals surface area contributed by atoms with Gasteiger partial charge in [0, 0.05) is 42.3 Å². The quantitative estimate of drug-likeness (QED) is 0.585. The monoisotopic (exact) mass is 327 g/mol. The summed E-state index contributed by atoms with van der Waals surface area (Å²) in [7, 11) is 0. The van der Waals surface area contributed by atoms with Crippen molar-refractivity contribution in [3.8, 4) is 11.1 Å². The summed E-state index contributed by atoms with van der Waals surface area (Å²) in [5, 5.41) is 11.8. The Kier molecular flexibility index (Phi) is 3.96. The van der Waals surface area contributed by atoms with Crippen LogP contribution in [0.3, 0.4) is 0 Å². The summed E-state index contributed by atoms with van der Waals surface area (Å²) < 4.78 is 0. The second-order valence-corrected chi connectivity index (χ2v) is 5.77. The van der Waals surface area contributed by atoms with Crippen LogP contribution in [0.5, 0.6) is 0 Å². The minimum absolute atomic E-state index is 0.656. The van der Waals surface area contributed by atoms with Crippen LogP contribution in [-0.4, -0.2) is 20.2 Å². The van der Waals surface area contributed by atoms with Crippen LogP contribution in [0.15, 0.2) is 73.8 Å². The molecule has 2 N–H and O–H groups in total. The lowest BCUT2D eigenvalue weighted by Crippen LogP contribution is -2.11. The van der Waals surface area contributed by atoms with Gasteiger partial charge in [0.15, 0.2) is 0 Å². The van der Waals surface area contributed by atoms with Gasteiger partial charge in [-0.25, -0.2) is 0 Å². The smallest absolute Gasteiger partial charge is 0.115 e. The molecule has 4 rings (SSSR count). The highest BCUT2D eigenvalue weighted by Gasteiger charge is 2.10. The first-order chi connectivity index (χ1) is 12.3. The van der Waals surface area contributed by atoms with Gasteiger partial charge in [0.2, 0.25) is 0 Å². The standard InChI is InChI=1S/C20H17N5/c1-14(23-12-15-4-2-8-21-11-15)20-18-10-16(6-7-19(18)24-25-20)17-5-3-9-22-13-17/h2-11,13,23H,1,12H2,(H,24,25). The third-order valence-electron chi connectivity index (χ3n) is 4.07. The molecule has 0 aliphatic rings. The fraction of sp³-hybridized carbons (Fsp3) is 0.0500. The molecule has 3 aromatic heterocycles. The van der Waals surface area contributed by atoms with Crippen LogP contribution in [0.25, 0.3) is 27.7 Å². The molecule has 0 saturated heterocycles. The summed E-state index contributed by atoms with van der Waals surface area (Å²) in [6, 6.07) is 14.1. The molecule has 0 fully saturated rings. The van der Waals surface area contributed by atoms with Crippen LogP contribution in [0, 0.1) is 0 Å². The lowest BCUT2D eigenvalue weighted by molar-refractivity contribution is 0.876. The summed E-state index contributed by atoms with van der Waals surface area (Å²) in [6.07, 6.45) is 7.23. The van der Waals surface area contributed by atoms with Crippen molar-refractivity contribution >= 4 is 16.6 Å². The molecular formula is C20H17N5. The Morgan fingerprint density at radius 1 is 1.00 bits per heavy atom. The Bertz CT molecular complexity index is 1010. The van der Waals surface area contributed by atoms with Crippen molar-refractivity contribution in [2.45, 2.75) is 6.54 Å². The molecule has 5 nitrogen and oxygen atoms in total. The lowest BCUT2D eigenvalue weighted by Gasteiger charge is -2.08.